The second kappa shape index (κ2) is 5.86. The number of anilines is 1. The van der Waals surface area contributed by atoms with Crippen molar-refractivity contribution in [2.75, 3.05) is 25.0 Å². The molecule has 152 valence electrons. The number of amides is 3. The summed E-state index contributed by atoms with van der Waals surface area (Å²) in [7, 11) is 0. The van der Waals surface area contributed by atoms with Crippen LogP contribution in [0.25, 0.3) is 0 Å². The highest BCUT2D eigenvalue weighted by Crippen LogP contribution is 2.60. The van der Waals surface area contributed by atoms with Crippen LogP contribution in [0.4, 0.5) is 10.1 Å². The van der Waals surface area contributed by atoms with E-state index in [0.29, 0.717) is 24.4 Å². The zero-order chi connectivity index (χ0) is 19.9. The van der Waals surface area contributed by atoms with Crippen LogP contribution in [0.3, 0.4) is 0 Å². The molecule has 0 bridgehead atoms. The van der Waals surface area contributed by atoms with Crippen LogP contribution in [-0.4, -0.2) is 59.4 Å². The number of carbonyl (C=O) groups is 3. The van der Waals surface area contributed by atoms with Crippen molar-refractivity contribution in [1.29, 1.82) is 0 Å². The number of imide groups is 1. The van der Waals surface area contributed by atoms with Gasteiger partial charge in [0.15, 0.2) is 0 Å². The number of hydrogen-bond acceptors (Lipinski definition) is 5. The molecular formula is C21H22FN3O4. The van der Waals surface area contributed by atoms with E-state index in [4.69, 9.17) is 4.74 Å². The summed E-state index contributed by atoms with van der Waals surface area (Å²) in [6, 6.07) is 4.02. The standard InChI is InChI=1S/C21H22FN3O4/c22-11-5-6-14-13(9-11)21(20(28)23-14)17-16(15-4-1-7-25(15)21)18(26)24(19(17)27)10-12-3-2-8-29-12/h5-6,9,12,15-17H,1-4,7-8,10H2,(H,23,28)/t12?,15-,16-,17+,21+/m0/s1. The maximum absolute atomic E-state index is 14.2. The van der Waals surface area contributed by atoms with Crippen LogP contribution in [0.5, 0.6) is 0 Å². The summed E-state index contributed by atoms with van der Waals surface area (Å²) >= 11 is 0. The lowest BCUT2D eigenvalue weighted by Crippen LogP contribution is -2.54. The van der Waals surface area contributed by atoms with Crippen molar-refractivity contribution < 1.29 is 23.5 Å². The smallest absolute Gasteiger partial charge is 0.250 e. The molecule has 5 aliphatic rings. The Balaban J connectivity index is 1.48. The number of carbonyl (C=O) groups excluding carboxylic acids is 3. The highest BCUT2D eigenvalue weighted by atomic mass is 19.1. The second-order valence-electron chi connectivity index (χ2n) is 8.74. The molecule has 0 radical (unpaired) electrons. The molecule has 0 saturated carbocycles. The van der Waals surface area contributed by atoms with Crippen LogP contribution in [0.15, 0.2) is 18.2 Å². The normalized spacial score (nSPS) is 38.1. The van der Waals surface area contributed by atoms with E-state index in [2.05, 4.69) is 5.32 Å². The van der Waals surface area contributed by atoms with E-state index < -0.39 is 23.2 Å². The first-order chi connectivity index (χ1) is 14.0. The van der Waals surface area contributed by atoms with Crippen LogP contribution >= 0.6 is 0 Å². The molecule has 1 aromatic carbocycles. The molecule has 4 fully saturated rings. The van der Waals surface area contributed by atoms with Gasteiger partial charge in [0.1, 0.15) is 11.4 Å². The van der Waals surface area contributed by atoms with Crippen molar-refractivity contribution in [1.82, 2.24) is 9.80 Å². The van der Waals surface area contributed by atoms with Crippen molar-refractivity contribution in [3.8, 4) is 0 Å². The number of fused-ring (bicyclic) bond motifs is 7. The Bertz CT molecular complexity index is 946. The summed E-state index contributed by atoms with van der Waals surface area (Å²) in [4.78, 5) is 43.6. The number of benzene rings is 1. The van der Waals surface area contributed by atoms with E-state index in [-0.39, 0.29) is 36.4 Å². The lowest BCUT2D eigenvalue weighted by Gasteiger charge is -2.36. The van der Waals surface area contributed by atoms with Gasteiger partial charge < -0.3 is 10.1 Å². The van der Waals surface area contributed by atoms with Gasteiger partial charge >= 0.3 is 0 Å². The minimum atomic E-state index is -1.30. The van der Waals surface area contributed by atoms with Gasteiger partial charge in [0.2, 0.25) is 17.7 Å². The van der Waals surface area contributed by atoms with Crippen molar-refractivity contribution in [2.45, 2.75) is 43.4 Å². The number of nitrogens with one attached hydrogen (secondary N) is 1. The molecule has 5 heterocycles. The van der Waals surface area contributed by atoms with E-state index in [9.17, 15) is 18.8 Å². The fraction of sp³-hybridized carbons (Fsp3) is 0.571. The van der Waals surface area contributed by atoms with Crippen molar-refractivity contribution in [3.05, 3.63) is 29.6 Å². The summed E-state index contributed by atoms with van der Waals surface area (Å²) in [6.45, 7) is 1.50. The lowest BCUT2D eigenvalue weighted by atomic mass is 9.75. The average Bonchev–Trinajstić information content (AvgIpc) is 3.47. The number of likely N-dealkylation sites (tertiary alicyclic amines) is 1. The van der Waals surface area contributed by atoms with Crippen molar-refractivity contribution in [2.24, 2.45) is 11.8 Å². The summed E-state index contributed by atoms with van der Waals surface area (Å²) in [6.07, 6.45) is 3.21. The molecule has 6 rings (SSSR count). The number of ether oxygens (including phenoxy) is 1. The van der Waals surface area contributed by atoms with E-state index >= 15 is 0 Å². The molecule has 5 atom stereocenters. The lowest BCUT2D eigenvalue weighted by molar-refractivity contribution is -0.147. The minimum absolute atomic E-state index is 0.139. The summed E-state index contributed by atoms with van der Waals surface area (Å²) < 4.78 is 19.8. The molecular weight excluding hydrogens is 377 g/mol. The van der Waals surface area contributed by atoms with Crippen molar-refractivity contribution in [3.63, 3.8) is 0 Å². The third-order valence-electron chi connectivity index (χ3n) is 7.46. The van der Waals surface area contributed by atoms with Gasteiger partial charge in [-0.15, -0.1) is 0 Å². The van der Waals surface area contributed by atoms with Crippen LogP contribution in [0, 0.1) is 17.7 Å². The monoisotopic (exact) mass is 399 g/mol. The molecule has 29 heavy (non-hydrogen) atoms. The quantitative estimate of drug-likeness (QED) is 0.757. The van der Waals surface area contributed by atoms with E-state index in [1.54, 1.807) is 6.07 Å². The van der Waals surface area contributed by atoms with E-state index in [1.165, 1.54) is 17.0 Å². The van der Waals surface area contributed by atoms with E-state index in [1.807, 2.05) is 4.90 Å². The Morgan fingerprint density at radius 2 is 2.03 bits per heavy atom. The van der Waals surface area contributed by atoms with Crippen molar-refractivity contribution >= 4 is 23.4 Å². The molecule has 1 aromatic rings. The Morgan fingerprint density at radius 3 is 2.83 bits per heavy atom. The maximum Gasteiger partial charge on any atom is 0.250 e. The molecule has 7 nitrogen and oxygen atoms in total. The van der Waals surface area contributed by atoms with Gasteiger partial charge in [-0.2, -0.15) is 0 Å². The molecule has 0 aromatic heterocycles. The van der Waals surface area contributed by atoms with Crippen LogP contribution in [0.1, 0.15) is 31.2 Å². The van der Waals surface area contributed by atoms with Gasteiger partial charge in [0, 0.05) is 23.9 Å². The molecule has 1 N–H and O–H groups in total. The summed E-state index contributed by atoms with van der Waals surface area (Å²) in [5.74, 6) is -2.68. The van der Waals surface area contributed by atoms with Crippen LogP contribution in [-0.2, 0) is 24.7 Å². The van der Waals surface area contributed by atoms with Gasteiger partial charge in [0.25, 0.3) is 0 Å². The van der Waals surface area contributed by atoms with Crippen LogP contribution in [0.2, 0.25) is 0 Å². The Kier molecular flexibility index (Phi) is 3.54. The molecule has 8 heteroatoms. The summed E-state index contributed by atoms with van der Waals surface area (Å²) in [5, 5.41) is 2.85. The zero-order valence-corrected chi connectivity index (χ0v) is 15.9. The molecule has 5 aliphatic heterocycles. The maximum atomic E-state index is 14.2. The first kappa shape index (κ1) is 17.5. The molecule has 4 saturated heterocycles. The van der Waals surface area contributed by atoms with Crippen LogP contribution < -0.4 is 5.32 Å². The minimum Gasteiger partial charge on any atom is -0.376 e. The van der Waals surface area contributed by atoms with Gasteiger partial charge in [-0.1, -0.05) is 0 Å². The van der Waals surface area contributed by atoms with Gasteiger partial charge in [-0.3, -0.25) is 24.2 Å². The topological polar surface area (TPSA) is 79.0 Å². The zero-order valence-electron chi connectivity index (χ0n) is 15.9. The number of hydrogen-bond donors (Lipinski definition) is 1. The Morgan fingerprint density at radius 1 is 1.17 bits per heavy atom. The van der Waals surface area contributed by atoms with Gasteiger partial charge in [-0.25, -0.2) is 4.39 Å². The number of rotatable bonds is 2. The fourth-order valence-electron chi connectivity index (χ4n) is 6.41. The SMILES string of the molecule is O=C1[C@H]2[C@@H]3CCCN3[C@@]3(C(=O)Nc4ccc(F)cc43)[C@H]2C(=O)N1CC1CCCO1. The second-order valence-corrected chi connectivity index (χ2v) is 8.74. The number of halogens is 1. The molecule has 1 spiro atoms. The molecule has 3 amide bonds. The largest absolute Gasteiger partial charge is 0.376 e. The third kappa shape index (κ3) is 2.06. The fourth-order valence-corrected chi connectivity index (χ4v) is 6.41. The van der Waals surface area contributed by atoms with Gasteiger partial charge in [0.05, 0.1) is 24.5 Å². The van der Waals surface area contributed by atoms with E-state index in [0.717, 1.165) is 25.7 Å². The average molecular weight is 399 g/mol. The first-order valence-electron chi connectivity index (χ1n) is 10.4. The predicted molar refractivity (Wildman–Crippen MR) is 99.1 cm³/mol. The number of nitrogens with zero attached hydrogens (tertiary/aromatic N) is 2. The summed E-state index contributed by atoms with van der Waals surface area (Å²) in [5.41, 5.74) is -0.288. The highest BCUT2D eigenvalue weighted by Gasteiger charge is 2.74. The predicted octanol–water partition coefficient (Wildman–Crippen LogP) is 1.23. The third-order valence-corrected chi connectivity index (χ3v) is 7.46. The van der Waals surface area contributed by atoms with Gasteiger partial charge in [-0.05, 0) is 50.4 Å². The molecule has 0 aliphatic carbocycles. The highest BCUT2D eigenvalue weighted by molar-refractivity contribution is 6.15. The Labute approximate surface area is 167 Å². The molecule has 1 unspecified atom stereocenters. The first-order valence-corrected chi connectivity index (χ1v) is 10.4. The Hall–Kier alpha value is -2.32.